The van der Waals surface area contributed by atoms with E-state index in [1.807, 2.05) is 24.3 Å². The lowest BCUT2D eigenvalue weighted by Crippen LogP contribution is -2.50. The van der Waals surface area contributed by atoms with Gasteiger partial charge in [-0.05, 0) is 56.7 Å². The molecule has 6 N–H and O–H groups in total. The standard InChI is InChI=1S/C25H36ClFN6O2/c26-21-15-30-24(32-18-6-4-17(5-7-18)29-14-19(34)13-27)12-20(21)22-2-1-3-23(33-22)31-16-25(28)8-10-35-11-9-25/h1-3,12,15,17-19,29,34H,4-11,13-14,16,28H2,(H,30,32)(H,31,33)/t17-,18-,19-/m1/s1. The summed E-state index contributed by atoms with van der Waals surface area (Å²) in [6, 6.07) is 8.36. The first-order valence-electron chi connectivity index (χ1n) is 12.4. The number of alkyl halides is 1. The number of halogens is 2. The first-order valence-corrected chi connectivity index (χ1v) is 12.8. The van der Waals surface area contributed by atoms with Gasteiger partial charge in [0.25, 0.3) is 0 Å². The summed E-state index contributed by atoms with van der Waals surface area (Å²) in [4.78, 5) is 9.24. The van der Waals surface area contributed by atoms with Crippen molar-refractivity contribution in [3.8, 4) is 11.3 Å². The summed E-state index contributed by atoms with van der Waals surface area (Å²) in [6.45, 7) is 1.59. The van der Waals surface area contributed by atoms with Crippen LogP contribution in [0.2, 0.25) is 5.02 Å². The summed E-state index contributed by atoms with van der Waals surface area (Å²) >= 11 is 6.50. The first kappa shape index (κ1) is 26.0. The maximum Gasteiger partial charge on any atom is 0.126 e. The van der Waals surface area contributed by atoms with Crippen molar-refractivity contribution in [3.05, 3.63) is 35.5 Å². The minimum Gasteiger partial charge on any atom is -0.389 e. The second kappa shape index (κ2) is 12.3. The molecule has 1 aliphatic heterocycles. The maximum atomic E-state index is 12.4. The first-order chi connectivity index (χ1) is 16.9. The molecule has 0 spiro atoms. The smallest absolute Gasteiger partial charge is 0.126 e. The van der Waals surface area contributed by atoms with Crippen LogP contribution in [0.4, 0.5) is 16.0 Å². The molecule has 2 aromatic heterocycles. The summed E-state index contributed by atoms with van der Waals surface area (Å²) in [7, 11) is 0. The molecule has 1 aliphatic carbocycles. The number of hydrogen-bond acceptors (Lipinski definition) is 8. The number of aromatic nitrogens is 2. The Kier molecular flexibility index (Phi) is 9.13. The number of pyridine rings is 2. The highest BCUT2D eigenvalue weighted by molar-refractivity contribution is 6.33. The molecule has 0 bridgehead atoms. The highest BCUT2D eigenvalue weighted by Crippen LogP contribution is 2.30. The second-order valence-corrected chi connectivity index (χ2v) is 10.1. The lowest BCUT2D eigenvalue weighted by molar-refractivity contribution is 0.0574. The molecule has 0 unspecified atom stereocenters. The van der Waals surface area contributed by atoms with Crippen LogP contribution < -0.4 is 21.7 Å². The zero-order valence-electron chi connectivity index (χ0n) is 20.0. The molecule has 8 nitrogen and oxygen atoms in total. The van der Waals surface area contributed by atoms with E-state index >= 15 is 0 Å². The predicted octanol–water partition coefficient (Wildman–Crippen LogP) is 3.36. The van der Waals surface area contributed by atoms with Crippen molar-refractivity contribution in [2.75, 3.05) is 43.6 Å². The molecule has 1 atom stereocenters. The Morgan fingerprint density at radius 1 is 1.17 bits per heavy atom. The highest BCUT2D eigenvalue weighted by atomic mass is 35.5. The molecule has 192 valence electrons. The van der Waals surface area contributed by atoms with E-state index in [0.29, 0.717) is 43.4 Å². The fraction of sp³-hybridized carbons (Fsp3) is 0.600. The number of aliphatic hydroxyl groups is 1. The molecule has 2 fully saturated rings. The summed E-state index contributed by atoms with van der Waals surface area (Å²) in [5, 5.41) is 20.1. The van der Waals surface area contributed by atoms with Crippen LogP contribution in [0, 0.1) is 0 Å². The lowest BCUT2D eigenvalue weighted by atomic mass is 9.91. The van der Waals surface area contributed by atoms with Crippen molar-refractivity contribution in [3.63, 3.8) is 0 Å². The Morgan fingerprint density at radius 2 is 1.91 bits per heavy atom. The molecule has 4 rings (SSSR count). The lowest BCUT2D eigenvalue weighted by Gasteiger charge is -2.33. The molecule has 1 saturated carbocycles. The average molecular weight is 507 g/mol. The van der Waals surface area contributed by atoms with Crippen LogP contribution in [0.25, 0.3) is 11.3 Å². The Labute approximate surface area is 211 Å². The minimum atomic E-state index is -0.928. The predicted molar refractivity (Wildman–Crippen MR) is 138 cm³/mol. The van der Waals surface area contributed by atoms with Gasteiger partial charge in [0.2, 0.25) is 0 Å². The van der Waals surface area contributed by atoms with E-state index < -0.39 is 12.8 Å². The van der Waals surface area contributed by atoms with Gasteiger partial charge in [-0.15, -0.1) is 0 Å². The van der Waals surface area contributed by atoms with E-state index in [1.165, 1.54) is 0 Å². The van der Waals surface area contributed by atoms with Crippen molar-refractivity contribution < 1.29 is 14.2 Å². The van der Waals surface area contributed by atoms with Crippen molar-refractivity contribution in [1.29, 1.82) is 0 Å². The van der Waals surface area contributed by atoms with Gasteiger partial charge in [-0.3, -0.25) is 0 Å². The maximum absolute atomic E-state index is 12.4. The Morgan fingerprint density at radius 3 is 2.66 bits per heavy atom. The second-order valence-electron chi connectivity index (χ2n) is 9.70. The zero-order chi connectivity index (χ0) is 24.7. The third-order valence-electron chi connectivity index (χ3n) is 6.89. The molecule has 2 aromatic rings. The summed E-state index contributed by atoms with van der Waals surface area (Å²) in [6.07, 6.45) is 6.22. The van der Waals surface area contributed by atoms with Gasteiger partial charge >= 0.3 is 0 Å². The van der Waals surface area contributed by atoms with Gasteiger partial charge in [-0.1, -0.05) is 17.7 Å². The minimum absolute atomic E-state index is 0.289. The average Bonchev–Trinajstić information content (AvgIpc) is 2.88. The van der Waals surface area contributed by atoms with Crippen LogP contribution in [-0.2, 0) is 4.74 Å². The molecule has 0 amide bonds. The highest BCUT2D eigenvalue weighted by Gasteiger charge is 2.28. The van der Waals surface area contributed by atoms with E-state index in [4.69, 9.17) is 27.1 Å². The molecule has 2 aliphatic rings. The van der Waals surface area contributed by atoms with Crippen LogP contribution >= 0.6 is 11.6 Å². The summed E-state index contributed by atoms with van der Waals surface area (Å²) in [5.74, 6) is 1.52. The number of rotatable bonds is 10. The quantitative estimate of drug-likeness (QED) is 0.333. The number of hydrogen-bond donors (Lipinski definition) is 5. The topological polar surface area (TPSA) is 117 Å². The summed E-state index contributed by atoms with van der Waals surface area (Å²) < 4.78 is 17.9. The van der Waals surface area contributed by atoms with E-state index in [9.17, 15) is 9.50 Å². The van der Waals surface area contributed by atoms with Gasteiger partial charge in [0.15, 0.2) is 0 Å². The van der Waals surface area contributed by atoms with E-state index in [2.05, 4.69) is 20.9 Å². The fourth-order valence-electron chi connectivity index (χ4n) is 4.63. The van der Waals surface area contributed by atoms with Gasteiger partial charge in [-0.2, -0.15) is 0 Å². The van der Waals surface area contributed by atoms with Gasteiger partial charge in [0.05, 0.1) is 16.8 Å². The molecule has 10 heteroatoms. The molecule has 1 saturated heterocycles. The number of ether oxygens (including phenoxy) is 1. The Hall–Kier alpha value is -2.04. The van der Waals surface area contributed by atoms with Gasteiger partial charge < -0.3 is 31.5 Å². The third-order valence-corrected chi connectivity index (χ3v) is 7.19. The molecule has 35 heavy (non-hydrogen) atoms. The number of nitrogens with one attached hydrogen (secondary N) is 3. The van der Waals surface area contributed by atoms with Crippen LogP contribution in [0.15, 0.2) is 30.5 Å². The van der Waals surface area contributed by atoms with Gasteiger partial charge in [-0.25, -0.2) is 14.4 Å². The summed E-state index contributed by atoms with van der Waals surface area (Å²) in [5.41, 5.74) is 7.79. The van der Waals surface area contributed by atoms with Crippen molar-refractivity contribution in [2.24, 2.45) is 5.73 Å². The van der Waals surface area contributed by atoms with Crippen LogP contribution in [-0.4, -0.2) is 71.8 Å². The van der Waals surface area contributed by atoms with Crippen molar-refractivity contribution in [1.82, 2.24) is 15.3 Å². The molecule has 3 heterocycles. The van der Waals surface area contributed by atoms with E-state index in [1.54, 1.807) is 6.20 Å². The number of nitrogens with two attached hydrogens (primary N) is 1. The monoisotopic (exact) mass is 506 g/mol. The van der Waals surface area contributed by atoms with Crippen molar-refractivity contribution >= 4 is 23.2 Å². The van der Waals surface area contributed by atoms with Gasteiger partial charge in [0.1, 0.15) is 18.3 Å². The largest absolute Gasteiger partial charge is 0.389 e. The molecular formula is C25H36ClFN6O2. The Bertz CT molecular complexity index is 953. The number of anilines is 2. The van der Waals surface area contributed by atoms with Crippen LogP contribution in [0.3, 0.4) is 0 Å². The SMILES string of the molecule is NC1(CNc2cccc(-c3cc(N[C@H]4CC[C@H](NC[C@H](O)CF)CC4)ncc3Cl)n2)CCOCC1. The van der Waals surface area contributed by atoms with Gasteiger partial charge in [0, 0.05) is 55.7 Å². The van der Waals surface area contributed by atoms with Crippen LogP contribution in [0.5, 0.6) is 0 Å². The fourth-order valence-corrected chi connectivity index (χ4v) is 4.83. The van der Waals surface area contributed by atoms with Crippen molar-refractivity contribution in [2.45, 2.75) is 62.3 Å². The third kappa shape index (κ3) is 7.47. The zero-order valence-corrected chi connectivity index (χ0v) is 20.7. The number of aliphatic hydroxyl groups excluding tert-OH is 1. The van der Waals surface area contributed by atoms with E-state index in [-0.39, 0.29) is 5.54 Å². The molecule has 0 aromatic carbocycles. The van der Waals surface area contributed by atoms with Crippen LogP contribution in [0.1, 0.15) is 38.5 Å². The number of nitrogens with zero attached hydrogens (tertiary/aromatic N) is 2. The van der Waals surface area contributed by atoms with E-state index in [0.717, 1.165) is 61.4 Å². The normalized spacial score (nSPS) is 23.0. The Balaban J connectivity index is 1.35. The molecule has 0 radical (unpaired) electrons. The molecular weight excluding hydrogens is 471 g/mol.